The summed E-state index contributed by atoms with van der Waals surface area (Å²) in [4.78, 5) is 11.6. The quantitative estimate of drug-likeness (QED) is 0.473. The summed E-state index contributed by atoms with van der Waals surface area (Å²) in [5, 5.41) is 21.0. The fraction of sp³-hybridized carbons (Fsp3) is 0.240. The second kappa shape index (κ2) is 9.60. The molecule has 2 aromatic carbocycles. The summed E-state index contributed by atoms with van der Waals surface area (Å²) in [6.45, 7) is 5.93. The van der Waals surface area contributed by atoms with E-state index in [1.165, 1.54) is 0 Å². The summed E-state index contributed by atoms with van der Waals surface area (Å²) < 4.78 is 17.3. The minimum atomic E-state index is -1.41. The van der Waals surface area contributed by atoms with E-state index in [2.05, 4.69) is 15.5 Å². The first kappa shape index (κ1) is 22.1. The van der Waals surface area contributed by atoms with E-state index in [-0.39, 0.29) is 5.76 Å². The molecule has 2 heterocycles. The van der Waals surface area contributed by atoms with Gasteiger partial charge in [0.25, 0.3) is 0 Å². The Morgan fingerprint density at radius 3 is 2.48 bits per heavy atom. The SMILES string of the molecule is CCc1nnc(C2=C(C)NC(C)=C(OC(=O)O)C2c2ccccc2OCc2ccccc2)o1. The molecule has 1 aromatic heterocycles. The van der Waals surface area contributed by atoms with Gasteiger partial charge in [0.15, 0.2) is 0 Å². The molecule has 170 valence electrons. The number of ether oxygens (including phenoxy) is 2. The molecule has 0 spiro atoms. The molecule has 1 atom stereocenters. The minimum absolute atomic E-state index is 0.232. The van der Waals surface area contributed by atoms with Gasteiger partial charge >= 0.3 is 6.16 Å². The van der Waals surface area contributed by atoms with Gasteiger partial charge in [0.1, 0.15) is 18.1 Å². The number of rotatable bonds is 7. The van der Waals surface area contributed by atoms with Gasteiger partial charge in [0.2, 0.25) is 11.8 Å². The normalized spacial score (nSPS) is 15.9. The van der Waals surface area contributed by atoms with Crippen LogP contribution in [0.3, 0.4) is 0 Å². The van der Waals surface area contributed by atoms with Gasteiger partial charge in [-0.2, -0.15) is 0 Å². The smallest absolute Gasteiger partial charge is 0.489 e. The van der Waals surface area contributed by atoms with Crippen molar-refractivity contribution < 1.29 is 23.8 Å². The lowest BCUT2D eigenvalue weighted by molar-refractivity contribution is 0.113. The van der Waals surface area contributed by atoms with E-state index in [4.69, 9.17) is 13.9 Å². The van der Waals surface area contributed by atoms with Crippen LogP contribution in [-0.2, 0) is 17.8 Å². The number of carbonyl (C=O) groups is 1. The number of hydrogen-bond acceptors (Lipinski definition) is 7. The van der Waals surface area contributed by atoms with Gasteiger partial charge in [-0.3, -0.25) is 0 Å². The Labute approximate surface area is 191 Å². The number of aryl methyl sites for hydroxylation is 1. The van der Waals surface area contributed by atoms with Gasteiger partial charge in [-0.15, -0.1) is 10.2 Å². The Bertz CT molecular complexity index is 1210. The number of carboxylic acid groups (broad SMARTS) is 1. The zero-order valence-electron chi connectivity index (χ0n) is 18.7. The molecule has 0 saturated heterocycles. The molecule has 0 saturated carbocycles. The number of nitrogens with one attached hydrogen (secondary N) is 1. The summed E-state index contributed by atoms with van der Waals surface area (Å²) in [5.74, 6) is 1.01. The van der Waals surface area contributed by atoms with Crippen LogP contribution in [0.4, 0.5) is 4.79 Å². The Balaban J connectivity index is 1.81. The van der Waals surface area contributed by atoms with Crippen molar-refractivity contribution in [3.05, 3.63) is 94.7 Å². The lowest BCUT2D eigenvalue weighted by atomic mass is 9.84. The maximum atomic E-state index is 11.6. The van der Waals surface area contributed by atoms with Gasteiger partial charge < -0.3 is 24.3 Å². The Morgan fingerprint density at radius 1 is 1.06 bits per heavy atom. The third-order valence-corrected chi connectivity index (χ3v) is 5.36. The van der Waals surface area contributed by atoms with Crippen LogP contribution < -0.4 is 10.1 Å². The molecule has 0 fully saturated rings. The van der Waals surface area contributed by atoms with E-state index < -0.39 is 12.1 Å². The van der Waals surface area contributed by atoms with Crippen LogP contribution in [0.25, 0.3) is 5.57 Å². The van der Waals surface area contributed by atoms with Gasteiger partial charge in [-0.05, 0) is 25.5 Å². The topological polar surface area (TPSA) is 107 Å². The number of aromatic nitrogens is 2. The molecule has 0 radical (unpaired) electrons. The van der Waals surface area contributed by atoms with E-state index in [0.717, 1.165) is 16.8 Å². The Kier molecular flexibility index (Phi) is 6.44. The number of para-hydroxylation sites is 1. The second-order valence-corrected chi connectivity index (χ2v) is 7.62. The highest BCUT2D eigenvalue weighted by atomic mass is 16.7. The molecule has 1 aliphatic rings. The van der Waals surface area contributed by atoms with Crippen molar-refractivity contribution in [1.82, 2.24) is 15.5 Å². The van der Waals surface area contributed by atoms with Gasteiger partial charge in [-0.1, -0.05) is 55.5 Å². The average Bonchev–Trinajstić information content (AvgIpc) is 3.29. The van der Waals surface area contributed by atoms with Crippen LogP contribution >= 0.6 is 0 Å². The second-order valence-electron chi connectivity index (χ2n) is 7.62. The van der Waals surface area contributed by atoms with E-state index >= 15 is 0 Å². The lowest BCUT2D eigenvalue weighted by Crippen LogP contribution is -2.26. The summed E-state index contributed by atoms with van der Waals surface area (Å²) in [5.41, 5.74) is 3.73. The largest absolute Gasteiger partial charge is 0.511 e. The minimum Gasteiger partial charge on any atom is -0.489 e. The molecule has 0 amide bonds. The average molecular weight is 447 g/mol. The maximum Gasteiger partial charge on any atom is 0.511 e. The predicted molar refractivity (Wildman–Crippen MR) is 121 cm³/mol. The van der Waals surface area contributed by atoms with E-state index in [1.807, 2.05) is 68.4 Å². The lowest BCUT2D eigenvalue weighted by Gasteiger charge is -2.30. The molecule has 0 bridgehead atoms. The Morgan fingerprint density at radius 2 is 1.79 bits per heavy atom. The highest BCUT2D eigenvalue weighted by molar-refractivity contribution is 5.76. The molecule has 2 N–H and O–H groups in total. The molecule has 33 heavy (non-hydrogen) atoms. The Hall–Kier alpha value is -4.07. The van der Waals surface area contributed by atoms with Crippen LogP contribution in [0.5, 0.6) is 5.75 Å². The van der Waals surface area contributed by atoms with E-state index in [1.54, 1.807) is 6.92 Å². The van der Waals surface area contributed by atoms with Crippen molar-refractivity contribution >= 4 is 11.7 Å². The van der Waals surface area contributed by atoms with Crippen molar-refractivity contribution in [2.75, 3.05) is 0 Å². The third-order valence-electron chi connectivity index (χ3n) is 5.36. The van der Waals surface area contributed by atoms with Crippen molar-refractivity contribution in [1.29, 1.82) is 0 Å². The number of nitrogens with zero attached hydrogens (tertiary/aromatic N) is 2. The third kappa shape index (κ3) is 4.74. The molecule has 8 nitrogen and oxygen atoms in total. The number of allylic oxidation sites excluding steroid dienone is 3. The summed E-state index contributed by atoms with van der Waals surface area (Å²) in [6, 6.07) is 17.3. The van der Waals surface area contributed by atoms with Crippen molar-refractivity contribution in [3.8, 4) is 5.75 Å². The van der Waals surface area contributed by atoms with Gasteiger partial charge in [0, 0.05) is 17.7 Å². The summed E-state index contributed by atoms with van der Waals surface area (Å²) in [7, 11) is 0. The fourth-order valence-corrected chi connectivity index (χ4v) is 3.88. The van der Waals surface area contributed by atoms with Crippen LogP contribution in [0.2, 0.25) is 0 Å². The summed E-state index contributed by atoms with van der Waals surface area (Å²) in [6.07, 6.45) is -0.820. The molecule has 8 heteroatoms. The monoisotopic (exact) mass is 447 g/mol. The standard InChI is InChI=1S/C25H25N3O5/c1-4-20-27-28-24(32-20)21-15(2)26-16(3)23(33-25(29)30)22(21)18-12-8-9-13-19(18)31-14-17-10-6-5-7-11-17/h5-13,22,26H,4,14H2,1-3H3,(H,29,30). The highest BCUT2D eigenvalue weighted by Gasteiger charge is 2.37. The summed E-state index contributed by atoms with van der Waals surface area (Å²) >= 11 is 0. The first-order chi connectivity index (χ1) is 16.0. The fourth-order valence-electron chi connectivity index (χ4n) is 3.88. The van der Waals surface area contributed by atoms with Crippen molar-refractivity contribution in [2.45, 2.75) is 39.7 Å². The van der Waals surface area contributed by atoms with Crippen LogP contribution in [-0.4, -0.2) is 21.5 Å². The first-order valence-corrected chi connectivity index (χ1v) is 10.7. The van der Waals surface area contributed by atoms with E-state index in [0.29, 0.717) is 41.8 Å². The zero-order chi connectivity index (χ0) is 23.4. The molecule has 1 unspecified atom stereocenters. The molecular weight excluding hydrogens is 422 g/mol. The van der Waals surface area contributed by atoms with Crippen molar-refractivity contribution in [3.63, 3.8) is 0 Å². The van der Waals surface area contributed by atoms with E-state index in [9.17, 15) is 9.90 Å². The van der Waals surface area contributed by atoms with Gasteiger partial charge in [-0.25, -0.2) is 4.79 Å². The molecule has 4 rings (SSSR count). The molecule has 3 aromatic rings. The highest BCUT2D eigenvalue weighted by Crippen LogP contribution is 2.46. The number of dihydropyridines is 1. The number of benzene rings is 2. The molecule has 1 aliphatic heterocycles. The maximum absolute atomic E-state index is 11.6. The number of hydrogen-bond donors (Lipinski definition) is 2. The molecule has 0 aliphatic carbocycles. The molecular formula is C25H25N3O5. The first-order valence-electron chi connectivity index (χ1n) is 10.7. The van der Waals surface area contributed by atoms with Crippen molar-refractivity contribution in [2.24, 2.45) is 0 Å². The van der Waals surface area contributed by atoms with Gasteiger partial charge in [0.05, 0.1) is 17.2 Å². The van der Waals surface area contributed by atoms with Crippen LogP contribution in [0, 0.1) is 0 Å². The zero-order valence-corrected chi connectivity index (χ0v) is 18.7. The van der Waals surface area contributed by atoms with Crippen LogP contribution in [0.1, 0.15) is 49.6 Å². The predicted octanol–water partition coefficient (Wildman–Crippen LogP) is 5.26. The van der Waals surface area contributed by atoms with Crippen LogP contribution in [0.15, 0.2) is 76.2 Å².